The Balaban J connectivity index is 5.41. The Bertz CT molecular complexity index is 642. The zero-order valence-corrected chi connectivity index (χ0v) is 17.1. The molecule has 6 atom stereocenters. The van der Waals surface area contributed by atoms with Crippen LogP contribution in [0, 0.1) is 5.92 Å². The predicted molar refractivity (Wildman–Crippen MR) is 103 cm³/mol. The molecule has 13 heteroatoms. The molecule has 13 nitrogen and oxygen atoms in total. The Morgan fingerprint density at radius 1 is 0.933 bits per heavy atom. The number of aliphatic hydroxyl groups is 2. The van der Waals surface area contributed by atoms with Crippen LogP contribution in [0.2, 0.25) is 0 Å². The van der Waals surface area contributed by atoms with Gasteiger partial charge in [-0.25, -0.2) is 4.79 Å². The minimum absolute atomic E-state index is 0.420. The summed E-state index contributed by atoms with van der Waals surface area (Å²) in [7, 11) is 0. The quantitative estimate of drug-likeness (QED) is 0.142. The topological polar surface area (TPSA) is 234 Å². The fourth-order valence-electron chi connectivity index (χ4n) is 2.37. The molecule has 6 unspecified atom stereocenters. The highest BCUT2D eigenvalue weighted by Gasteiger charge is 2.34. The van der Waals surface area contributed by atoms with Crippen LogP contribution in [0.3, 0.4) is 0 Å². The molecule has 0 fully saturated rings. The standard InChI is InChI=1S/C17H31N5O8/c1-4-7(2)12(21-14(26)9(18)5-11(19)25)15(27)22-13(8(3)24)16(28)20-10(6-23)17(29)30/h7-10,12-13,23-24H,4-6,18H2,1-3H3,(H2,19,25)(H,20,28)(H,21,26)(H,22,27)(H,29,30). The Labute approximate surface area is 173 Å². The van der Waals surface area contributed by atoms with Crippen molar-refractivity contribution >= 4 is 29.6 Å². The van der Waals surface area contributed by atoms with Gasteiger partial charge in [-0.05, 0) is 12.8 Å². The van der Waals surface area contributed by atoms with Crippen molar-refractivity contribution in [3.8, 4) is 0 Å². The smallest absolute Gasteiger partial charge is 0.328 e. The minimum atomic E-state index is -1.63. The average molecular weight is 433 g/mol. The molecule has 0 heterocycles. The highest BCUT2D eigenvalue weighted by Crippen LogP contribution is 2.10. The van der Waals surface area contributed by atoms with E-state index in [9.17, 15) is 29.1 Å². The fourth-order valence-corrected chi connectivity index (χ4v) is 2.37. The zero-order valence-electron chi connectivity index (χ0n) is 17.1. The molecular weight excluding hydrogens is 402 g/mol. The number of aliphatic hydroxyl groups excluding tert-OH is 2. The molecule has 30 heavy (non-hydrogen) atoms. The summed E-state index contributed by atoms with van der Waals surface area (Å²) in [6, 6.07) is -5.64. The van der Waals surface area contributed by atoms with E-state index in [1.54, 1.807) is 13.8 Å². The van der Waals surface area contributed by atoms with Crippen LogP contribution in [0.1, 0.15) is 33.6 Å². The second kappa shape index (κ2) is 12.7. The lowest BCUT2D eigenvalue weighted by Gasteiger charge is -2.28. The van der Waals surface area contributed by atoms with Gasteiger partial charge in [0.15, 0.2) is 0 Å². The molecule has 0 radical (unpaired) electrons. The van der Waals surface area contributed by atoms with Gasteiger partial charge in [0.2, 0.25) is 23.6 Å². The number of carboxylic acids is 1. The maximum atomic E-state index is 12.7. The lowest BCUT2D eigenvalue weighted by molar-refractivity contribution is -0.144. The normalized spacial score (nSPS) is 16.9. The van der Waals surface area contributed by atoms with Crippen molar-refractivity contribution < 1.29 is 39.3 Å². The van der Waals surface area contributed by atoms with Crippen LogP contribution >= 0.6 is 0 Å². The Morgan fingerprint density at radius 3 is 1.83 bits per heavy atom. The van der Waals surface area contributed by atoms with Gasteiger partial charge in [-0.1, -0.05) is 20.3 Å². The van der Waals surface area contributed by atoms with Gasteiger partial charge in [-0.2, -0.15) is 0 Å². The summed E-state index contributed by atoms with van der Waals surface area (Å²) in [4.78, 5) is 59.1. The predicted octanol–water partition coefficient (Wildman–Crippen LogP) is -3.85. The van der Waals surface area contributed by atoms with E-state index in [0.717, 1.165) is 0 Å². The summed E-state index contributed by atoms with van der Waals surface area (Å²) in [6.07, 6.45) is -1.41. The fraction of sp³-hybridized carbons (Fsp3) is 0.706. The van der Waals surface area contributed by atoms with Gasteiger partial charge in [-0.3, -0.25) is 19.2 Å². The first-order valence-electron chi connectivity index (χ1n) is 9.32. The van der Waals surface area contributed by atoms with Crippen molar-refractivity contribution in [3.63, 3.8) is 0 Å². The summed E-state index contributed by atoms with van der Waals surface area (Å²) >= 11 is 0. The number of nitrogens with one attached hydrogen (secondary N) is 3. The number of hydrogen-bond donors (Lipinski definition) is 8. The van der Waals surface area contributed by atoms with Crippen molar-refractivity contribution in [1.29, 1.82) is 0 Å². The first kappa shape index (κ1) is 27.2. The number of carbonyl (C=O) groups is 5. The molecule has 0 spiro atoms. The second-order valence-electron chi connectivity index (χ2n) is 6.96. The average Bonchev–Trinajstić information content (AvgIpc) is 2.65. The number of nitrogens with two attached hydrogens (primary N) is 2. The lowest BCUT2D eigenvalue weighted by Crippen LogP contribution is -2.61. The molecule has 0 aliphatic rings. The third-order valence-electron chi connectivity index (χ3n) is 4.41. The molecule has 0 aromatic heterocycles. The Hall–Kier alpha value is -2.77. The number of aliphatic carboxylic acids is 1. The summed E-state index contributed by atoms with van der Waals surface area (Å²) in [5.74, 6) is -5.41. The van der Waals surface area contributed by atoms with Crippen LogP contribution in [-0.4, -0.2) is 81.8 Å². The van der Waals surface area contributed by atoms with Crippen LogP contribution < -0.4 is 27.4 Å². The van der Waals surface area contributed by atoms with E-state index in [-0.39, 0.29) is 0 Å². The maximum Gasteiger partial charge on any atom is 0.328 e. The molecule has 172 valence electrons. The van der Waals surface area contributed by atoms with Gasteiger partial charge in [0.1, 0.15) is 18.1 Å². The van der Waals surface area contributed by atoms with Crippen LogP contribution in [-0.2, 0) is 24.0 Å². The van der Waals surface area contributed by atoms with Gasteiger partial charge >= 0.3 is 5.97 Å². The van der Waals surface area contributed by atoms with Gasteiger partial charge in [0, 0.05) is 0 Å². The van der Waals surface area contributed by atoms with Gasteiger partial charge in [-0.15, -0.1) is 0 Å². The molecule has 0 rings (SSSR count). The first-order chi connectivity index (χ1) is 13.8. The first-order valence-corrected chi connectivity index (χ1v) is 9.32. The van der Waals surface area contributed by atoms with E-state index in [0.29, 0.717) is 6.42 Å². The lowest BCUT2D eigenvalue weighted by atomic mass is 9.97. The number of rotatable bonds is 13. The van der Waals surface area contributed by atoms with E-state index in [2.05, 4.69) is 10.6 Å². The molecule has 0 aliphatic carbocycles. The van der Waals surface area contributed by atoms with Crippen LogP contribution in [0.4, 0.5) is 0 Å². The molecular formula is C17H31N5O8. The zero-order chi connectivity index (χ0) is 23.6. The van der Waals surface area contributed by atoms with Gasteiger partial charge in [0.05, 0.1) is 25.2 Å². The molecule has 0 aliphatic heterocycles. The highest BCUT2D eigenvalue weighted by atomic mass is 16.4. The number of amides is 4. The highest BCUT2D eigenvalue weighted by molar-refractivity contribution is 5.95. The molecule has 10 N–H and O–H groups in total. The van der Waals surface area contributed by atoms with E-state index in [1.807, 2.05) is 5.32 Å². The number of carbonyl (C=O) groups excluding carboxylic acids is 4. The molecule has 0 aromatic carbocycles. The van der Waals surface area contributed by atoms with E-state index < -0.39 is 78.8 Å². The summed E-state index contributed by atoms with van der Waals surface area (Å²) < 4.78 is 0. The molecule has 0 bridgehead atoms. The number of carboxylic acid groups (broad SMARTS) is 1. The van der Waals surface area contributed by atoms with E-state index in [1.165, 1.54) is 6.92 Å². The van der Waals surface area contributed by atoms with Gasteiger partial charge in [0.25, 0.3) is 0 Å². The van der Waals surface area contributed by atoms with Crippen molar-refractivity contribution in [3.05, 3.63) is 0 Å². The Morgan fingerprint density at radius 2 is 1.43 bits per heavy atom. The van der Waals surface area contributed by atoms with Crippen molar-refractivity contribution in [2.24, 2.45) is 17.4 Å². The molecule has 0 saturated carbocycles. The van der Waals surface area contributed by atoms with Crippen LogP contribution in [0.25, 0.3) is 0 Å². The third-order valence-corrected chi connectivity index (χ3v) is 4.41. The summed E-state index contributed by atoms with van der Waals surface area (Å²) in [5, 5.41) is 34.4. The largest absolute Gasteiger partial charge is 0.480 e. The van der Waals surface area contributed by atoms with E-state index in [4.69, 9.17) is 21.7 Å². The molecule has 4 amide bonds. The van der Waals surface area contributed by atoms with Crippen LogP contribution in [0.5, 0.6) is 0 Å². The number of hydrogen-bond acceptors (Lipinski definition) is 8. The van der Waals surface area contributed by atoms with Crippen LogP contribution in [0.15, 0.2) is 0 Å². The summed E-state index contributed by atoms with van der Waals surface area (Å²) in [5.41, 5.74) is 10.6. The Kier molecular flexibility index (Phi) is 11.5. The molecule has 0 saturated heterocycles. The van der Waals surface area contributed by atoms with E-state index >= 15 is 0 Å². The maximum absolute atomic E-state index is 12.7. The van der Waals surface area contributed by atoms with Crippen molar-refractivity contribution in [1.82, 2.24) is 16.0 Å². The van der Waals surface area contributed by atoms with Crippen molar-refractivity contribution in [2.45, 2.75) is 63.9 Å². The van der Waals surface area contributed by atoms with Crippen molar-refractivity contribution in [2.75, 3.05) is 6.61 Å². The van der Waals surface area contributed by atoms with Gasteiger partial charge < -0.3 is 42.7 Å². The monoisotopic (exact) mass is 433 g/mol. The third kappa shape index (κ3) is 8.71. The summed E-state index contributed by atoms with van der Waals surface area (Å²) in [6.45, 7) is 3.69. The number of primary amides is 1. The SMILES string of the molecule is CCC(C)C(NC(=O)C(N)CC(N)=O)C(=O)NC(C(=O)NC(CO)C(=O)O)C(C)O. The second-order valence-corrected chi connectivity index (χ2v) is 6.96. The minimum Gasteiger partial charge on any atom is -0.480 e. The molecule has 0 aromatic rings.